The highest BCUT2D eigenvalue weighted by Crippen LogP contribution is 2.19. The van der Waals surface area contributed by atoms with E-state index in [0.29, 0.717) is 11.3 Å². The maximum Gasteiger partial charge on any atom is 0.269 e. The Bertz CT molecular complexity index is 1270. The van der Waals surface area contributed by atoms with Crippen molar-refractivity contribution in [2.75, 3.05) is 7.05 Å². The summed E-state index contributed by atoms with van der Waals surface area (Å²) in [6, 6.07) is 16.8. The fourth-order valence-corrected chi connectivity index (χ4v) is 4.90. The largest absolute Gasteiger partial charge is 0.550 e. The number of benzene rings is 2. The highest BCUT2D eigenvalue weighted by molar-refractivity contribution is 7.89. The molecular weight excluding hydrogens is 474 g/mol. The van der Waals surface area contributed by atoms with Crippen molar-refractivity contribution in [2.45, 2.75) is 24.8 Å². The summed E-state index contributed by atoms with van der Waals surface area (Å²) in [6.45, 7) is 2.03. The molecule has 10 heteroatoms. The molecule has 0 fully saturated rings. The van der Waals surface area contributed by atoms with Crippen LogP contribution in [0.1, 0.15) is 32.8 Å². The van der Waals surface area contributed by atoms with Gasteiger partial charge in [0.2, 0.25) is 10.0 Å². The van der Waals surface area contributed by atoms with Gasteiger partial charge in [-0.15, -0.1) is 11.3 Å². The lowest BCUT2D eigenvalue weighted by Gasteiger charge is -2.18. The Hall–Kier alpha value is -3.47. The summed E-state index contributed by atoms with van der Waals surface area (Å²) in [5.74, 6) is -1.66. The maximum absolute atomic E-state index is 12.8. The second-order valence-electron chi connectivity index (χ2n) is 7.52. The summed E-state index contributed by atoms with van der Waals surface area (Å²) in [5, 5.41) is 12.6. The zero-order chi connectivity index (χ0) is 24.7. The van der Waals surface area contributed by atoms with Crippen molar-refractivity contribution >= 4 is 38.9 Å². The summed E-state index contributed by atoms with van der Waals surface area (Å²) >= 11 is 1.39. The number of thiophene rings is 1. The number of rotatable bonds is 10. The summed E-state index contributed by atoms with van der Waals surface area (Å²) in [4.78, 5) is 24.3. The van der Waals surface area contributed by atoms with Crippen molar-refractivity contribution in [3.8, 4) is 0 Å². The lowest BCUT2D eigenvalue weighted by Crippen LogP contribution is -2.36. The number of nitrogens with zero attached hydrogens (tertiary/aromatic N) is 1. The molecule has 0 bridgehead atoms. The van der Waals surface area contributed by atoms with Gasteiger partial charge in [-0.1, -0.05) is 42.0 Å². The molecule has 3 aromatic rings. The minimum atomic E-state index is -3.64. The predicted octanol–water partition coefficient (Wildman–Crippen LogP) is 2.29. The van der Waals surface area contributed by atoms with Gasteiger partial charge in [0, 0.05) is 31.5 Å². The minimum Gasteiger partial charge on any atom is -0.550 e. The van der Waals surface area contributed by atoms with Crippen LogP contribution in [0.3, 0.4) is 0 Å². The van der Waals surface area contributed by atoms with Gasteiger partial charge in [-0.2, -0.15) is 4.31 Å². The van der Waals surface area contributed by atoms with Crippen LogP contribution in [0.25, 0.3) is 5.70 Å². The number of nitrogens with one attached hydrogen (secondary N) is 2. The quantitative estimate of drug-likeness (QED) is 0.414. The van der Waals surface area contributed by atoms with Crippen LogP contribution < -0.4 is 16.0 Å². The fourth-order valence-electron chi connectivity index (χ4n) is 3.02. The Kier molecular flexibility index (Phi) is 8.21. The first-order valence-electron chi connectivity index (χ1n) is 10.3. The smallest absolute Gasteiger partial charge is 0.269 e. The van der Waals surface area contributed by atoms with Gasteiger partial charge in [0.15, 0.2) is 0 Å². The van der Waals surface area contributed by atoms with Crippen LogP contribution in [0.4, 0.5) is 0 Å². The van der Waals surface area contributed by atoms with Gasteiger partial charge in [0.05, 0.1) is 15.5 Å². The van der Waals surface area contributed by atoms with Gasteiger partial charge < -0.3 is 9.90 Å². The molecule has 0 atom stereocenters. The molecule has 0 unspecified atom stereocenters. The number of carbonyl (C=O) groups is 2. The number of carbonyl (C=O) groups excluding carboxylic acids is 2. The summed E-state index contributed by atoms with van der Waals surface area (Å²) in [7, 11) is -2.13. The number of carboxylic acids is 1. The Balaban J connectivity index is 1.63. The first-order valence-corrected chi connectivity index (χ1v) is 12.6. The van der Waals surface area contributed by atoms with Gasteiger partial charge in [0.25, 0.3) is 5.91 Å². The van der Waals surface area contributed by atoms with E-state index in [0.717, 1.165) is 16.0 Å². The molecule has 0 aliphatic carbocycles. The highest BCUT2D eigenvalue weighted by atomic mass is 32.2. The molecule has 1 amide bonds. The van der Waals surface area contributed by atoms with Gasteiger partial charge >= 0.3 is 0 Å². The summed E-state index contributed by atoms with van der Waals surface area (Å²) < 4.78 is 26.8. The van der Waals surface area contributed by atoms with Crippen molar-refractivity contribution in [1.29, 1.82) is 0 Å². The molecule has 178 valence electrons. The van der Waals surface area contributed by atoms with E-state index >= 15 is 0 Å². The molecule has 1 aromatic heterocycles. The summed E-state index contributed by atoms with van der Waals surface area (Å²) in [6.07, 6.45) is 1.12. The van der Waals surface area contributed by atoms with E-state index in [1.165, 1.54) is 28.8 Å². The molecule has 8 nitrogen and oxygen atoms in total. The first kappa shape index (κ1) is 25.2. The van der Waals surface area contributed by atoms with Gasteiger partial charge in [0.1, 0.15) is 0 Å². The number of amides is 1. The molecule has 1 heterocycles. The van der Waals surface area contributed by atoms with Crippen molar-refractivity contribution in [3.63, 3.8) is 0 Å². The van der Waals surface area contributed by atoms with E-state index in [1.54, 1.807) is 54.6 Å². The number of hydrogen-bond acceptors (Lipinski definition) is 7. The van der Waals surface area contributed by atoms with Gasteiger partial charge in [-0.05, 0) is 48.2 Å². The van der Waals surface area contributed by atoms with E-state index in [4.69, 9.17) is 0 Å². The average Bonchev–Trinajstić information content (AvgIpc) is 3.34. The average molecular weight is 499 g/mol. The second kappa shape index (κ2) is 11.1. The molecule has 0 radical (unpaired) electrons. The van der Waals surface area contributed by atoms with E-state index in [9.17, 15) is 23.1 Å². The zero-order valence-corrected chi connectivity index (χ0v) is 20.3. The van der Waals surface area contributed by atoms with E-state index in [1.807, 2.05) is 18.4 Å². The molecule has 3 rings (SSSR count). The monoisotopic (exact) mass is 498 g/mol. The van der Waals surface area contributed by atoms with E-state index in [2.05, 4.69) is 10.9 Å². The molecule has 2 aromatic carbocycles. The van der Waals surface area contributed by atoms with Crippen molar-refractivity contribution in [3.05, 3.63) is 93.7 Å². The Morgan fingerprint density at radius 3 is 2.29 bits per heavy atom. The van der Waals surface area contributed by atoms with Crippen molar-refractivity contribution < 1.29 is 23.1 Å². The first-order chi connectivity index (χ1) is 16.2. The SMILES string of the molecule is Cc1ccc(S(=O)(=O)N(C)Cc2ccc(C(=O)NN/C(=C/CC(=O)[O-])c3cccs3)cc2)cc1. The fraction of sp³-hybridized carbons (Fsp3) is 0.167. The normalized spacial score (nSPS) is 11.9. The van der Waals surface area contributed by atoms with E-state index < -0.39 is 21.9 Å². The molecule has 0 aliphatic rings. The Morgan fingerprint density at radius 2 is 1.71 bits per heavy atom. The molecule has 0 aliphatic heterocycles. The van der Waals surface area contributed by atoms with Crippen LogP contribution in [-0.4, -0.2) is 31.6 Å². The Labute approximate surface area is 202 Å². The van der Waals surface area contributed by atoms with Crippen LogP contribution in [-0.2, 0) is 21.4 Å². The van der Waals surface area contributed by atoms with E-state index in [-0.39, 0.29) is 17.9 Å². The zero-order valence-electron chi connectivity index (χ0n) is 18.6. The molecule has 0 saturated carbocycles. The third-order valence-corrected chi connectivity index (χ3v) is 7.64. The standard InChI is InChI=1S/C24H25N3O5S2/c1-17-5-11-20(12-6-17)34(31,32)27(2)16-18-7-9-19(10-8-18)24(30)26-25-21(13-14-23(28)29)22-4-3-15-33-22/h3-13,15,25H,14,16H2,1-2H3,(H,26,30)(H,28,29)/p-1/b21-13+. The lowest BCUT2D eigenvalue weighted by atomic mass is 10.1. The predicted molar refractivity (Wildman–Crippen MR) is 129 cm³/mol. The number of sulfonamides is 1. The van der Waals surface area contributed by atoms with Crippen LogP contribution in [0.5, 0.6) is 0 Å². The number of hydrogen-bond donors (Lipinski definition) is 2. The van der Waals surface area contributed by atoms with Crippen molar-refractivity contribution in [2.24, 2.45) is 0 Å². The third-order valence-electron chi connectivity index (χ3n) is 4.92. The van der Waals surface area contributed by atoms with Crippen LogP contribution in [0.15, 0.2) is 77.0 Å². The van der Waals surface area contributed by atoms with Gasteiger partial charge in [-0.25, -0.2) is 8.42 Å². The number of aliphatic carboxylic acids is 1. The Morgan fingerprint density at radius 1 is 1.03 bits per heavy atom. The minimum absolute atomic E-state index is 0.144. The molecule has 2 N–H and O–H groups in total. The van der Waals surface area contributed by atoms with Crippen LogP contribution in [0.2, 0.25) is 0 Å². The molecule has 34 heavy (non-hydrogen) atoms. The maximum atomic E-state index is 12.8. The number of carboxylic acid groups (broad SMARTS) is 1. The van der Waals surface area contributed by atoms with Crippen LogP contribution >= 0.6 is 11.3 Å². The highest BCUT2D eigenvalue weighted by Gasteiger charge is 2.20. The summed E-state index contributed by atoms with van der Waals surface area (Å²) in [5.41, 5.74) is 7.81. The molecule has 0 spiro atoms. The number of aryl methyl sites for hydroxylation is 1. The molecular formula is C24H24N3O5S2-. The third kappa shape index (κ3) is 6.53. The van der Waals surface area contributed by atoms with Crippen molar-refractivity contribution in [1.82, 2.24) is 15.2 Å². The van der Waals surface area contributed by atoms with Gasteiger partial charge in [-0.3, -0.25) is 15.6 Å². The second-order valence-corrected chi connectivity index (χ2v) is 10.5. The lowest BCUT2D eigenvalue weighted by molar-refractivity contribution is -0.304. The molecule has 0 saturated heterocycles. The number of hydrazine groups is 1. The topological polar surface area (TPSA) is 119 Å². The van der Waals surface area contributed by atoms with Crippen LogP contribution in [0, 0.1) is 6.92 Å².